The Bertz CT molecular complexity index is 1200. The average Bonchev–Trinajstić information content (AvgIpc) is 2.82. The highest BCUT2D eigenvalue weighted by atomic mass is 16.5. The minimum Gasteiger partial charge on any atom is -0.506 e. The number of benzene rings is 2. The number of aromatic hydroxyl groups is 1. The molecule has 0 saturated heterocycles. The molecule has 3 aromatic rings. The average molecular weight is 452 g/mol. The SMILES string of the molecule is CCN(CC)CCOC(=O)c1ccc(NC(=O)c2c(O)c3ccccc3n(CC)c2=O)cc1. The van der Waals surface area contributed by atoms with Crippen LogP contribution in [0.25, 0.3) is 10.9 Å². The zero-order valence-electron chi connectivity index (χ0n) is 19.1. The molecular formula is C25H29N3O5. The Hall–Kier alpha value is -3.65. The Balaban J connectivity index is 1.75. The van der Waals surface area contributed by atoms with Crippen LogP contribution in [0.5, 0.6) is 5.75 Å². The molecule has 0 spiro atoms. The third kappa shape index (κ3) is 5.23. The van der Waals surface area contributed by atoms with E-state index in [4.69, 9.17) is 4.74 Å². The largest absolute Gasteiger partial charge is 0.506 e. The highest BCUT2D eigenvalue weighted by molar-refractivity contribution is 6.09. The number of carbonyl (C=O) groups is 2. The summed E-state index contributed by atoms with van der Waals surface area (Å²) in [6.45, 7) is 8.98. The molecule has 33 heavy (non-hydrogen) atoms. The molecule has 8 nitrogen and oxygen atoms in total. The number of ether oxygens (including phenoxy) is 1. The van der Waals surface area contributed by atoms with Gasteiger partial charge in [0.1, 0.15) is 17.9 Å². The van der Waals surface area contributed by atoms with E-state index in [1.54, 1.807) is 55.5 Å². The lowest BCUT2D eigenvalue weighted by molar-refractivity contribution is 0.0466. The normalized spacial score (nSPS) is 11.0. The first-order chi connectivity index (χ1) is 15.9. The number of esters is 1. The van der Waals surface area contributed by atoms with E-state index >= 15 is 0 Å². The molecule has 2 aromatic carbocycles. The van der Waals surface area contributed by atoms with Crippen molar-refractivity contribution >= 4 is 28.5 Å². The maximum atomic E-state index is 12.9. The lowest BCUT2D eigenvalue weighted by Crippen LogP contribution is -2.29. The molecule has 0 bridgehead atoms. The number of nitrogens with zero attached hydrogens (tertiary/aromatic N) is 2. The molecule has 0 unspecified atom stereocenters. The number of nitrogens with one attached hydrogen (secondary N) is 1. The zero-order valence-corrected chi connectivity index (χ0v) is 19.1. The van der Waals surface area contributed by atoms with Gasteiger partial charge in [0.15, 0.2) is 0 Å². The molecule has 1 amide bonds. The summed E-state index contributed by atoms with van der Waals surface area (Å²) in [5, 5.41) is 13.7. The quantitative estimate of drug-likeness (QED) is 0.483. The van der Waals surface area contributed by atoms with Crippen molar-refractivity contribution in [2.24, 2.45) is 0 Å². The van der Waals surface area contributed by atoms with Gasteiger partial charge in [-0.25, -0.2) is 4.79 Å². The predicted molar refractivity (Wildman–Crippen MR) is 128 cm³/mol. The fraction of sp³-hybridized carbons (Fsp3) is 0.320. The van der Waals surface area contributed by atoms with Crippen LogP contribution in [0.3, 0.4) is 0 Å². The number of para-hydroxylation sites is 1. The van der Waals surface area contributed by atoms with Crippen LogP contribution in [0.4, 0.5) is 5.69 Å². The third-order valence-electron chi connectivity index (χ3n) is 5.60. The van der Waals surface area contributed by atoms with Crippen LogP contribution in [0.2, 0.25) is 0 Å². The van der Waals surface area contributed by atoms with E-state index in [1.807, 2.05) is 13.8 Å². The van der Waals surface area contributed by atoms with Crippen molar-refractivity contribution in [1.29, 1.82) is 0 Å². The number of amides is 1. The van der Waals surface area contributed by atoms with Gasteiger partial charge in [-0.3, -0.25) is 9.59 Å². The second-order valence-electron chi connectivity index (χ2n) is 7.48. The van der Waals surface area contributed by atoms with Crippen LogP contribution in [0, 0.1) is 0 Å². The lowest BCUT2D eigenvalue weighted by atomic mass is 10.1. The van der Waals surface area contributed by atoms with Gasteiger partial charge in [0.05, 0.1) is 11.1 Å². The van der Waals surface area contributed by atoms with Crippen molar-refractivity contribution in [3.63, 3.8) is 0 Å². The van der Waals surface area contributed by atoms with Crippen molar-refractivity contribution in [1.82, 2.24) is 9.47 Å². The smallest absolute Gasteiger partial charge is 0.338 e. The molecule has 0 aliphatic heterocycles. The molecule has 174 valence electrons. The number of hydrogen-bond acceptors (Lipinski definition) is 6. The van der Waals surface area contributed by atoms with Crippen molar-refractivity contribution < 1.29 is 19.4 Å². The molecule has 8 heteroatoms. The Morgan fingerprint density at radius 3 is 2.33 bits per heavy atom. The van der Waals surface area contributed by atoms with Crippen LogP contribution in [-0.2, 0) is 11.3 Å². The van der Waals surface area contributed by atoms with Gasteiger partial charge in [-0.15, -0.1) is 0 Å². The highest BCUT2D eigenvalue weighted by Crippen LogP contribution is 2.27. The fourth-order valence-corrected chi connectivity index (χ4v) is 3.68. The molecule has 0 aliphatic carbocycles. The minimum atomic E-state index is -0.722. The number of carbonyl (C=O) groups excluding carboxylic acids is 2. The van der Waals surface area contributed by atoms with Crippen LogP contribution in [-0.4, -0.2) is 52.7 Å². The van der Waals surface area contributed by atoms with E-state index in [0.717, 1.165) is 13.1 Å². The molecule has 1 heterocycles. The van der Waals surface area contributed by atoms with Gasteiger partial charge in [0, 0.05) is 24.2 Å². The Kier molecular flexibility index (Phi) is 7.84. The second-order valence-corrected chi connectivity index (χ2v) is 7.48. The van der Waals surface area contributed by atoms with Crippen LogP contribution < -0.4 is 10.9 Å². The van der Waals surface area contributed by atoms with Gasteiger partial charge in [-0.1, -0.05) is 26.0 Å². The van der Waals surface area contributed by atoms with Gasteiger partial charge in [0.25, 0.3) is 11.5 Å². The molecular weight excluding hydrogens is 422 g/mol. The summed E-state index contributed by atoms with van der Waals surface area (Å²) in [7, 11) is 0. The topological polar surface area (TPSA) is 101 Å². The molecule has 0 fully saturated rings. The number of likely N-dealkylation sites (N-methyl/N-ethyl adjacent to an activating group) is 1. The van der Waals surface area contributed by atoms with Gasteiger partial charge in [-0.2, -0.15) is 0 Å². The van der Waals surface area contributed by atoms with E-state index in [9.17, 15) is 19.5 Å². The number of pyridine rings is 1. The summed E-state index contributed by atoms with van der Waals surface area (Å²) < 4.78 is 6.75. The third-order valence-corrected chi connectivity index (χ3v) is 5.60. The van der Waals surface area contributed by atoms with E-state index in [2.05, 4.69) is 10.2 Å². The second kappa shape index (κ2) is 10.8. The molecule has 3 rings (SSSR count). The first kappa shape index (κ1) is 24.0. The zero-order chi connectivity index (χ0) is 24.0. The maximum Gasteiger partial charge on any atom is 0.338 e. The van der Waals surface area contributed by atoms with Crippen molar-refractivity contribution in [3.05, 3.63) is 70.0 Å². The van der Waals surface area contributed by atoms with E-state index in [1.165, 1.54) is 4.57 Å². The van der Waals surface area contributed by atoms with Gasteiger partial charge in [0.2, 0.25) is 0 Å². The van der Waals surface area contributed by atoms with Crippen LogP contribution in [0.1, 0.15) is 41.5 Å². The molecule has 0 saturated carbocycles. The van der Waals surface area contributed by atoms with Gasteiger partial charge >= 0.3 is 5.97 Å². The first-order valence-electron chi connectivity index (χ1n) is 11.1. The van der Waals surface area contributed by atoms with Crippen LogP contribution in [0.15, 0.2) is 53.3 Å². The Labute approximate surface area is 192 Å². The van der Waals surface area contributed by atoms with E-state index < -0.39 is 17.4 Å². The lowest BCUT2D eigenvalue weighted by Gasteiger charge is -2.17. The Morgan fingerprint density at radius 2 is 1.70 bits per heavy atom. The molecule has 1 aromatic heterocycles. The monoisotopic (exact) mass is 451 g/mol. The molecule has 2 N–H and O–H groups in total. The van der Waals surface area contributed by atoms with Crippen molar-refractivity contribution in [2.45, 2.75) is 27.3 Å². The van der Waals surface area contributed by atoms with Gasteiger partial charge in [-0.05, 0) is 56.4 Å². The number of hydrogen-bond donors (Lipinski definition) is 2. The summed E-state index contributed by atoms with van der Waals surface area (Å²) >= 11 is 0. The number of anilines is 1. The summed E-state index contributed by atoms with van der Waals surface area (Å²) in [5.74, 6) is -1.52. The maximum absolute atomic E-state index is 12.9. The standard InChI is InChI=1S/C25H29N3O5/c1-4-27(5-2)15-16-33-25(32)17-11-13-18(14-12-17)26-23(30)21-22(29)19-9-7-8-10-20(19)28(6-3)24(21)31/h7-14,29H,4-6,15-16H2,1-3H3,(H,26,30). The molecule has 0 atom stereocenters. The summed E-state index contributed by atoms with van der Waals surface area (Å²) in [6.07, 6.45) is 0. The Morgan fingerprint density at radius 1 is 1.03 bits per heavy atom. The fourth-order valence-electron chi connectivity index (χ4n) is 3.68. The number of aromatic nitrogens is 1. The summed E-state index contributed by atoms with van der Waals surface area (Å²) in [5.41, 5.74) is 0.405. The number of rotatable bonds is 9. The van der Waals surface area contributed by atoms with Crippen LogP contribution >= 0.6 is 0 Å². The van der Waals surface area contributed by atoms with Crippen molar-refractivity contribution in [3.8, 4) is 5.75 Å². The van der Waals surface area contributed by atoms with Crippen molar-refractivity contribution in [2.75, 3.05) is 31.6 Å². The highest BCUT2D eigenvalue weighted by Gasteiger charge is 2.22. The summed E-state index contributed by atoms with van der Waals surface area (Å²) in [6, 6.07) is 13.1. The first-order valence-corrected chi connectivity index (χ1v) is 11.1. The predicted octanol–water partition coefficient (Wildman–Crippen LogP) is 3.48. The number of fused-ring (bicyclic) bond motifs is 1. The summed E-state index contributed by atoms with van der Waals surface area (Å²) in [4.78, 5) is 40.1. The van der Waals surface area contributed by atoms with E-state index in [0.29, 0.717) is 41.9 Å². The molecule has 0 aliphatic rings. The van der Waals surface area contributed by atoms with E-state index in [-0.39, 0.29) is 11.3 Å². The number of aryl methyl sites for hydroxylation is 1. The minimum absolute atomic E-state index is 0.296. The van der Waals surface area contributed by atoms with Gasteiger partial charge < -0.3 is 24.6 Å². The molecule has 0 radical (unpaired) electrons.